The standard InChI is InChI=1S/C15H18ClN3O/c1-11-14(10-19(2)18-11)15(20)17-13-7-3-5-12(9-13)6-4-8-16/h3,5,7,9-10H,4,6,8H2,1-2H3,(H,17,20). The van der Waals surface area contributed by atoms with Crippen molar-refractivity contribution in [2.45, 2.75) is 19.8 Å². The number of benzene rings is 1. The zero-order chi connectivity index (χ0) is 14.5. The van der Waals surface area contributed by atoms with E-state index >= 15 is 0 Å². The quantitative estimate of drug-likeness (QED) is 0.860. The SMILES string of the molecule is Cc1nn(C)cc1C(=O)Nc1cccc(CCCCl)c1. The van der Waals surface area contributed by atoms with Crippen molar-refractivity contribution in [3.8, 4) is 0 Å². The van der Waals surface area contributed by atoms with Gasteiger partial charge in [0.25, 0.3) is 5.91 Å². The Kier molecular flexibility index (Phi) is 4.79. The molecule has 0 atom stereocenters. The molecule has 2 aromatic rings. The zero-order valence-electron chi connectivity index (χ0n) is 11.7. The van der Waals surface area contributed by atoms with Crippen LogP contribution < -0.4 is 5.32 Å². The first-order chi connectivity index (χ1) is 9.60. The molecule has 5 heteroatoms. The Morgan fingerprint density at radius 2 is 2.25 bits per heavy atom. The average Bonchev–Trinajstić information content (AvgIpc) is 2.76. The Hall–Kier alpha value is -1.81. The van der Waals surface area contributed by atoms with Crippen molar-refractivity contribution >= 4 is 23.2 Å². The van der Waals surface area contributed by atoms with Gasteiger partial charge in [-0.05, 0) is 37.5 Å². The molecule has 0 bridgehead atoms. The Labute approximate surface area is 123 Å². The summed E-state index contributed by atoms with van der Waals surface area (Å²) in [7, 11) is 1.80. The van der Waals surface area contributed by atoms with E-state index in [-0.39, 0.29) is 5.91 Å². The Morgan fingerprint density at radius 1 is 1.45 bits per heavy atom. The van der Waals surface area contributed by atoms with Crippen LogP contribution in [0.25, 0.3) is 0 Å². The molecule has 106 valence electrons. The van der Waals surface area contributed by atoms with Crippen molar-refractivity contribution in [1.82, 2.24) is 9.78 Å². The molecule has 0 saturated carbocycles. The van der Waals surface area contributed by atoms with E-state index in [1.807, 2.05) is 31.2 Å². The highest BCUT2D eigenvalue weighted by Gasteiger charge is 2.12. The number of halogens is 1. The van der Waals surface area contributed by atoms with E-state index in [1.54, 1.807) is 17.9 Å². The Bertz CT molecular complexity index is 607. The lowest BCUT2D eigenvalue weighted by molar-refractivity contribution is 0.102. The van der Waals surface area contributed by atoms with Crippen molar-refractivity contribution in [2.24, 2.45) is 7.05 Å². The number of aromatic nitrogens is 2. The van der Waals surface area contributed by atoms with Gasteiger partial charge in [0.1, 0.15) is 0 Å². The highest BCUT2D eigenvalue weighted by atomic mass is 35.5. The number of rotatable bonds is 5. The van der Waals surface area contributed by atoms with Gasteiger partial charge in [-0.25, -0.2) is 0 Å². The fourth-order valence-corrected chi connectivity index (χ4v) is 2.23. The molecule has 0 fully saturated rings. The van der Waals surface area contributed by atoms with Crippen molar-refractivity contribution in [3.05, 3.63) is 47.3 Å². The van der Waals surface area contributed by atoms with E-state index in [0.29, 0.717) is 11.4 Å². The summed E-state index contributed by atoms with van der Waals surface area (Å²) in [5.41, 5.74) is 3.29. The van der Waals surface area contributed by atoms with Crippen LogP contribution in [-0.2, 0) is 13.5 Å². The van der Waals surface area contributed by atoms with Gasteiger partial charge in [-0.2, -0.15) is 5.10 Å². The molecule has 20 heavy (non-hydrogen) atoms. The van der Waals surface area contributed by atoms with Gasteiger partial charge in [0, 0.05) is 24.8 Å². The summed E-state index contributed by atoms with van der Waals surface area (Å²) < 4.78 is 1.64. The van der Waals surface area contributed by atoms with E-state index in [1.165, 1.54) is 5.56 Å². The third kappa shape index (κ3) is 3.61. The predicted molar refractivity (Wildman–Crippen MR) is 81.4 cm³/mol. The lowest BCUT2D eigenvalue weighted by Gasteiger charge is -2.06. The van der Waals surface area contributed by atoms with Crippen LogP contribution in [0.5, 0.6) is 0 Å². The molecule has 2 rings (SSSR count). The van der Waals surface area contributed by atoms with Gasteiger partial charge < -0.3 is 5.32 Å². The lowest BCUT2D eigenvalue weighted by atomic mass is 10.1. The van der Waals surface area contributed by atoms with Gasteiger partial charge in [0.05, 0.1) is 11.3 Å². The van der Waals surface area contributed by atoms with Crippen LogP contribution in [0.3, 0.4) is 0 Å². The molecule has 1 aromatic heterocycles. The van der Waals surface area contributed by atoms with Gasteiger partial charge in [0.2, 0.25) is 0 Å². The number of alkyl halides is 1. The molecular weight excluding hydrogens is 274 g/mol. The first kappa shape index (κ1) is 14.6. The molecule has 0 saturated heterocycles. The minimum absolute atomic E-state index is 0.134. The molecule has 0 aliphatic carbocycles. The van der Waals surface area contributed by atoms with Crippen LogP contribution in [0.4, 0.5) is 5.69 Å². The zero-order valence-corrected chi connectivity index (χ0v) is 12.4. The van der Waals surface area contributed by atoms with Crippen LogP contribution in [0.15, 0.2) is 30.5 Å². The van der Waals surface area contributed by atoms with Gasteiger partial charge >= 0.3 is 0 Å². The number of anilines is 1. The second kappa shape index (κ2) is 6.57. The van der Waals surface area contributed by atoms with E-state index < -0.39 is 0 Å². The molecule has 1 aromatic carbocycles. The first-order valence-electron chi connectivity index (χ1n) is 6.56. The normalized spacial score (nSPS) is 10.6. The molecule has 0 spiro atoms. The maximum Gasteiger partial charge on any atom is 0.259 e. The van der Waals surface area contributed by atoms with Crippen LogP contribution in [0, 0.1) is 6.92 Å². The summed E-state index contributed by atoms with van der Waals surface area (Å²) in [6.07, 6.45) is 3.57. The largest absolute Gasteiger partial charge is 0.322 e. The molecule has 0 aliphatic heterocycles. The van der Waals surface area contributed by atoms with Gasteiger partial charge in [-0.15, -0.1) is 11.6 Å². The van der Waals surface area contributed by atoms with Crippen molar-refractivity contribution in [1.29, 1.82) is 0 Å². The number of hydrogen-bond acceptors (Lipinski definition) is 2. The smallest absolute Gasteiger partial charge is 0.259 e. The number of nitrogens with zero attached hydrogens (tertiary/aromatic N) is 2. The minimum atomic E-state index is -0.134. The lowest BCUT2D eigenvalue weighted by Crippen LogP contribution is -2.12. The Morgan fingerprint density at radius 3 is 2.90 bits per heavy atom. The molecule has 0 aliphatic rings. The maximum atomic E-state index is 12.2. The molecule has 4 nitrogen and oxygen atoms in total. The van der Waals surface area contributed by atoms with Crippen molar-refractivity contribution in [2.75, 3.05) is 11.2 Å². The molecule has 1 N–H and O–H groups in total. The van der Waals surface area contributed by atoms with Crippen molar-refractivity contribution in [3.63, 3.8) is 0 Å². The number of carbonyl (C=O) groups excluding carboxylic acids is 1. The maximum absolute atomic E-state index is 12.2. The monoisotopic (exact) mass is 291 g/mol. The minimum Gasteiger partial charge on any atom is -0.322 e. The van der Waals surface area contributed by atoms with E-state index in [2.05, 4.69) is 10.4 Å². The molecule has 1 heterocycles. The fraction of sp³-hybridized carbons (Fsp3) is 0.333. The predicted octanol–water partition coefficient (Wildman–Crippen LogP) is 3.15. The van der Waals surface area contributed by atoms with Crippen LogP contribution >= 0.6 is 11.6 Å². The Balaban J connectivity index is 2.09. The summed E-state index contributed by atoms with van der Waals surface area (Å²) in [6, 6.07) is 7.84. The number of carbonyl (C=O) groups is 1. The average molecular weight is 292 g/mol. The summed E-state index contributed by atoms with van der Waals surface area (Å²) >= 11 is 5.70. The molecule has 0 radical (unpaired) electrons. The first-order valence-corrected chi connectivity index (χ1v) is 7.10. The number of aryl methyl sites for hydroxylation is 3. The van der Waals surface area contributed by atoms with E-state index in [0.717, 1.165) is 24.2 Å². The molecule has 1 amide bonds. The van der Waals surface area contributed by atoms with Gasteiger partial charge in [-0.1, -0.05) is 12.1 Å². The highest BCUT2D eigenvalue weighted by molar-refractivity contribution is 6.17. The third-order valence-corrected chi connectivity index (χ3v) is 3.31. The van der Waals surface area contributed by atoms with Gasteiger partial charge in [0.15, 0.2) is 0 Å². The number of amides is 1. The molecular formula is C15H18ClN3O. The van der Waals surface area contributed by atoms with Crippen LogP contribution in [0.2, 0.25) is 0 Å². The summed E-state index contributed by atoms with van der Waals surface area (Å²) in [6.45, 7) is 1.83. The number of hydrogen-bond donors (Lipinski definition) is 1. The van der Waals surface area contributed by atoms with Crippen LogP contribution in [0.1, 0.15) is 28.0 Å². The second-order valence-corrected chi connectivity index (χ2v) is 5.13. The summed E-state index contributed by atoms with van der Waals surface area (Å²) in [4.78, 5) is 12.2. The molecule has 0 unspecified atom stereocenters. The van der Waals surface area contributed by atoms with Crippen LogP contribution in [-0.4, -0.2) is 21.6 Å². The fourth-order valence-electron chi connectivity index (χ4n) is 2.10. The van der Waals surface area contributed by atoms with Gasteiger partial charge in [-0.3, -0.25) is 9.48 Å². The summed E-state index contributed by atoms with van der Waals surface area (Å²) in [5.74, 6) is 0.510. The summed E-state index contributed by atoms with van der Waals surface area (Å²) in [5, 5.41) is 7.08. The highest BCUT2D eigenvalue weighted by Crippen LogP contribution is 2.15. The van der Waals surface area contributed by atoms with E-state index in [4.69, 9.17) is 11.6 Å². The number of nitrogens with one attached hydrogen (secondary N) is 1. The second-order valence-electron chi connectivity index (χ2n) is 4.75. The third-order valence-electron chi connectivity index (χ3n) is 3.04. The van der Waals surface area contributed by atoms with E-state index in [9.17, 15) is 4.79 Å². The van der Waals surface area contributed by atoms with Crippen molar-refractivity contribution < 1.29 is 4.79 Å². The topological polar surface area (TPSA) is 46.9 Å².